The first-order valence-electron chi connectivity index (χ1n) is 5.40. The van der Waals surface area contributed by atoms with Crippen molar-refractivity contribution in [3.05, 3.63) is 0 Å². The molecule has 1 saturated heterocycles. The summed E-state index contributed by atoms with van der Waals surface area (Å²) in [5, 5.41) is 0. The number of sulfone groups is 1. The van der Waals surface area contributed by atoms with Crippen molar-refractivity contribution in [3.63, 3.8) is 0 Å². The van der Waals surface area contributed by atoms with Gasteiger partial charge in [0.2, 0.25) is 0 Å². The molecule has 0 aromatic heterocycles. The molecule has 1 aliphatic carbocycles. The van der Waals surface area contributed by atoms with E-state index in [4.69, 9.17) is 10.7 Å². The van der Waals surface area contributed by atoms with Crippen LogP contribution in [0.2, 0.25) is 0 Å². The molecule has 2 rings (SSSR count). The van der Waals surface area contributed by atoms with Crippen molar-refractivity contribution in [2.45, 2.75) is 37.9 Å². The van der Waals surface area contributed by atoms with Crippen LogP contribution in [0.4, 0.5) is 0 Å². The summed E-state index contributed by atoms with van der Waals surface area (Å²) in [6.45, 7) is 4.18. The van der Waals surface area contributed by atoms with Gasteiger partial charge in [-0.25, -0.2) is 14.3 Å². The molecule has 5 heteroatoms. The second kappa shape index (κ2) is 3.18. The van der Waals surface area contributed by atoms with Crippen LogP contribution >= 0.6 is 0 Å². The van der Waals surface area contributed by atoms with Gasteiger partial charge in [-0.05, 0) is 39.0 Å². The van der Waals surface area contributed by atoms with Crippen LogP contribution in [-0.2, 0) is 14.7 Å². The van der Waals surface area contributed by atoms with E-state index in [0.29, 0.717) is 12.4 Å². The molecule has 0 spiro atoms. The van der Waals surface area contributed by atoms with Crippen LogP contribution in [0.25, 0.3) is 0 Å². The van der Waals surface area contributed by atoms with Gasteiger partial charge in [-0.2, -0.15) is 0 Å². The van der Waals surface area contributed by atoms with E-state index < -0.39 is 14.6 Å². The standard InChI is InChI=1S/C10H19NO3S/c1-9(2)8(3-6-15(9,12)13)10(4-5-10)7-14-11/h8H,3-7,11H2,1-2H3. The minimum absolute atomic E-state index is 0.0435. The summed E-state index contributed by atoms with van der Waals surface area (Å²) in [5.74, 6) is 5.65. The number of rotatable bonds is 3. The lowest BCUT2D eigenvalue weighted by molar-refractivity contribution is 0.0573. The molecule has 1 aliphatic heterocycles. The van der Waals surface area contributed by atoms with Crippen molar-refractivity contribution in [1.29, 1.82) is 0 Å². The quantitative estimate of drug-likeness (QED) is 0.734. The SMILES string of the molecule is CC1(C)C(C2(CON)CC2)CCS1(=O)=O. The molecule has 1 saturated carbocycles. The molecule has 0 bridgehead atoms. The molecule has 0 radical (unpaired) electrons. The van der Waals surface area contributed by atoms with E-state index in [-0.39, 0.29) is 11.3 Å². The summed E-state index contributed by atoms with van der Waals surface area (Å²) in [5.41, 5.74) is 0.0435. The van der Waals surface area contributed by atoms with E-state index in [1.807, 2.05) is 13.8 Å². The fraction of sp³-hybridized carbons (Fsp3) is 1.00. The van der Waals surface area contributed by atoms with Crippen molar-refractivity contribution in [3.8, 4) is 0 Å². The Balaban J connectivity index is 2.26. The highest BCUT2D eigenvalue weighted by atomic mass is 32.2. The van der Waals surface area contributed by atoms with E-state index >= 15 is 0 Å². The average Bonchev–Trinajstić information content (AvgIpc) is 2.80. The van der Waals surface area contributed by atoms with Gasteiger partial charge in [0.05, 0.1) is 17.1 Å². The van der Waals surface area contributed by atoms with E-state index in [9.17, 15) is 8.42 Å². The van der Waals surface area contributed by atoms with Crippen molar-refractivity contribution in [2.24, 2.45) is 17.2 Å². The summed E-state index contributed by atoms with van der Waals surface area (Å²) in [6.07, 6.45) is 2.86. The Morgan fingerprint density at radius 1 is 1.40 bits per heavy atom. The summed E-state index contributed by atoms with van der Waals surface area (Å²) >= 11 is 0. The lowest BCUT2D eigenvalue weighted by Crippen LogP contribution is -2.40. The predicted octanol–water partition coefficient (Wildman–Crippen LogP) is 0.870. The van der Waals surface area contributed by atoms with Crippen LogP contribution in [0, 0.1) is 11.3 Å². The summed E-state index contributed by atoms with van der Waals surface area (Å²) in [4.78, 5) is 4.75. The normalized spacial score (nSPS) is 35.3. The second-order valence-corrected chi connectivity index (χ2v) is 8.13. The molecule has 1 heterocycles. The van der Waals surface area contributed by atoms with Gasteiger partial charge >= 0.3 is 0 Å². The largest absolute Gasteiger partial charge is 0.304 e. The van der Waals surface area contributed by atoms with Crippen molar-refractivity contribution < 1.29 is 13.3 Å². The van der Waals surface area contributed by atoms with Gasteiger partial charge in [-0.15, -0.1) is 0 Å². The first-order chi connectivity index (χ1) is 6.86. The minimum Gasteiger partial charge on any atom is -0.304 e. The maximum atomic E-state index is 11.9. The lowest BCUT2D eigenvalue weighted by atomic mass is 9.79. The van der Waals surface area contributed by atoms with Gasteiger partial charge in [-0.3, -0.25) is 0 Å². The van der Waals surface area contributed by atoms with E-state index in [1.165, 1.54) is 0 Å². The molecule has 2 fully saturated rings. The number of nitrogens with two attached hydrogens (primary N) is 1. The van der Waals surface area contributed by atoms with Gasteiger partial charge in [0, 0.05) is 5.41 Å². The maximum absolute atomic E-state index is 11.9. The van der Waals surface area contributed by atoms with E-state index in [2.05, 4.69) is 0 Å². The van der Waals surface area contributed by atoms with Gasteiger partial charge < -0.3 is 4.84 Å². The topological polar surface area (TPSA) is 69.4 Å². The molecule has 2 aliphatic rings. The minimum atomic E-state index is -2.93. The van der Waals surface area contributed by atoms with E-state index in [1.54, 1.807) is 0 Å². The molecule has 0 amide bonds. The third-order valence-electron chi connectivity index (χ3n) is 4.32. The molecular formula is C10H19NO3S. The number of hydrogen-bond acceptors (Lipinski definition) is 4. The van der Waals surface area contributed by atoms with Crippen molar-refractivity contribution in [1.82, 2.24) is 0 Å². The molecule has 1 atom stereocenters. The predicted molar refractivity (Wildman–Crippen MR) is 57.8 cm³/mol. The first-order valence-corrected chi connectivity index (χ1v) is 7.05. The summed E-state index contributed by atoms with van der Waals surface area (Å²) in [6, 6.07) is 0. The molecule has 0 aromatic rings. The van der Waals surface area contributed by atoms with Gasteiger partial charge in [0.1, 0.15) is 0 Å². The van der Waals surface area contributed by atoms with Crippen LogP contribution in [-0.4, -0.2) is 25.5 Å². The third kappa shape index (κ3) is 1.52. The molecule has 2 N–H and O–H groups in total. The smallest absolute Gasteiger partial charge is 0.155 e. The van der Waals surface area contributed by atoms with Gasteiger partial charge in [0.15, 0.2) is 9.84 Å². The number of hydrogen-bond donors (Lipinski definition) is 1. The molecule has 0 aromatic carbocycles. The fourth-order valence-electron chi connectivity index (χ4n) is 3.06. The highest BCUT2D eigenvalue weighted by Gasteiger charge is 2.61. The van der Waals surface area contributed by atoms with Crippen LogP contribution < -0.4 is 5.90 Å². The molecule has 4 nitrogen and oxygen atoms in total. The third-order valence-corrected chi connectivity index (χ3v) is 6.98. The van der Waals surface area contributed by atoms with Crippen molar-refractivity contribution >= 4 is 9.84 Å². The zero-order valence-corrected chi connectivity index (χ0v) is 10.1. The monoisotopic (exact) mass is 233 g/mol. The fourth-order valence-corrected chi connectivity index (χ4v) is 4.94. The molecule has 1 unspecified atom stereocenters. The second-order valence-electron chi connectivity index (χ2n) is 5.44. The zero-order valence-electron chi connectivity index (χ0n) is 9.32. The van der Waals surface area contributed by atoms with Crippen LogP contribution in [0.5, 0.6) is 0 Å². The van der Waals surface area contributed by atoms with Crippen LogP contribution in [0.1, 0.15) is 33.1 Å². The van der Waals surface area contributed by atoms with E-state index in [0.717, 1.165) is 19.3 Å². The van der Waals surface area contributed by atoms with Crippen molar-refractivity contribution in [2.75, 3.05) is 12.4 Å². The van der Waals surface area contributed by atoms with Gasteiger partial charge in [0.25, 0.3) is 0 Å². The average molecular weight is 233 g/mol. The summed E-state index contributed by atoms with van der Waals surface area (Å²) < 4.78 is 23.2. The Hall–Kier alpha value is -0.130. The molecular weight excluding hydrogens is 214 g/mol. The van der Waals surface area contributed by atoms with Gasteiger partial charge in [-0.1, -0.05) is 0 Å². The Morgan fingerprint density at radius 2 is 2.00 bits per heavy atom. The highest BCUT2D eigenvalue weighted by Crippen LogP contribution is 2.60. The van der Waals surface area contributed by atoms with Crippen LogP contribution in [0.3, 0.4) is 0 Å². The maximum Gasteiger partial charge on any atom is 0.155 e. The molecule has 15 heavy (non-hydrogen) atoms. The highest BCUT2D eigenvalue weighted by molar-refractivity contribution is 7.93. The zero-order chi connectivity index (χ0) is 11.3. The summed E-state index contributed by atoms with van der Waals surface area (Å²) in [7, 11) is -2.93. The Kier molecular flexibility index (Phi) is 2.41. The Labute approximate surface area is 91.0 Å². The van der Waals surface area contributed by atoms with Crippen LogP contribution in [0.15, 0.2) is 0 Å². The Morgan fingerprint density at radius 3 is 2.33 bits per heavy atom. The Bertz CT molecular complexity index is 357. The first kappa shape index (κ1) is 11.4. The molecule has 88 valence electrons. The lowest BCUT2D eigenvalue weighted by Gasteiger charge is -2.32.